The lowest BCUT2D eigenvalue weighted by molar-refractivity contribution is -0.142. The number of nitrogens with one attached hydrogen (secondary N) is 2. The van der Waals surface area contributed by atoms with E-state index in [0.29, 0.717) is 25.8 Å². The lowest BCUT2D eigenvalue weighted by atomic mass is 9.88. The highest BCUT2D eigenvalue weighted by atomic mass is 16.4. The van der Waals surface area contributed by atoms with E-state index in [0.717, 1.165) is 32.1 Å². The maximum atomic E-state index is 12.7. The van der Waals surface area contributed by atoms with Gasteiger partial charge >= 0.3 is 5.97 Å². The number of rotatable bonds is 11. The zero-order valence-corrected chi connectivity index (χ0v) is 16.9. The first kappa shape index (κ1) is 23.7. The second kappa shape index (κ2) is 12.2. The van der Waals surface area contributed by atoms with Gasteiger partial charge in [0.2, 0.25) is 11.8 Å². The Balaban J connectivity index is 2.75. The second-order valence-corrected chi connectivity index (χ2v) is 7.87. The molecule has 1 fully saturated rings. The topological polar surface area (TPSA) is 160 Å². The van der Waals surface area contributed by atoms with Gasteiger partial charge in [0, 0.05) is 12.5 Å². The SMILES string of the molecule is CC(C)C[C@H](NC(=O)[C@H](CCCN=C(N)N)NC(=O)C1CCCCC1)C(=O)O. The number of aliphatic carboxylic acids is 1. The van der Waals surface area contributed by atoms with Gasteiger partial charge < -0.3 is 27.2 Å². The van der Waals surface area contributed by atoms with Crippen LogP contribution in [0.3, 0.4) is 0 Å². The summed E-state index contributed by atoms with van der Waals surface area (Å²) in [4.78, 5) is 40.6. The van der Waals surface area contributed by atoms with Crippen LogP contribution >= 0.6 is 0 Å². The summed E-state index contributed by atoms with van der Waals surface area (Å²) in [5, 5.41) is 14.8. The van der Waals surface area contributed by atoms with Crippen LogP contribution in [0.2, 0.25) is 0 Å². The Kier molecular flexibility index (Phi) is 10.3. The third-order valence-corrected chi connectivity index (χ3v) is 4.88. The number of hydrogen-bond acceptors (Lipinski definition) is 4. The molecule has 0 saturated heterocycles. The van der Waals surface area contributed by atoms with Gasteiger partial charge in [-0.1, -0.05) is 33.1 Å². The van der Waals surface area contributed by atoms with Crippen LogP contribution in [0.15, 0.2) is 4.99 Å². The van der Waals surface area contributed by atoms with E-state index in [4.69, 9.17) is 11.5 Å². The van der Waals surface area contributed by atoms with E-state index < -0.39 is 24.0 Å². The fraction of sp³-hybridized carbons (Fsp3) is 0.789. The van der Waals surface area contributed by atoms with Gasteiger partial charge in [0.25, 0.3) is 0 Å². The fourth-order valence-electron chi connectivity index (χ4n) is 3.39. The molecule has 1 rings (SSSR count). The van der Waals surface area contributed by atoms with Gasteiger partial charge in [-0.05, 0) is 38.0 Å². The molecule has 28 heavy (non-hydrogen) atoms. The monoisotopic (exact) mass is 397 g/mol. The molecule has 0 unspecified atom stereocenters. The molecule has 1 aliphatic carbocycles. The van der Waals surface area contributed by atoms with E-state index >= 15 is 0 Å². The first-order chi connectivity index (χ1) is 13.2. The molecule has 2 amide bonds. The van der Waals surface area contributed by atoms with Crippen molar-refractivity contribution in [3.05, 3.63) is 0 Å². The van der Waals surface area contributed by atoms with Gasteiger partial charge in [0.05, 0.1) is 0 Å². The Hall–Kier alpha value is -2.32. The maximum Gasteiger partial charge on any atom is 0.326 e. The van der Waals surface area contributed by atoms with Crippen LogP contribution in [0.4, 0.5) is 0 Å². The van der Waals surface area contributed by atoms with E-state index in [1.807, 2.05) is 13.8 Å². The van der Waals surface area contributed by atoms with Crippen molar-refractivity contribution in [2.75, 3.05) is 6.54 Å². The molecule has 0 aliphatic heterocycles. The van der Waals surface area contributed by atoms with Crippen LogP contribution in [-0.4, -0.2) is 47.5 Å². The minimum Gasteiger partial charge on any atom is -0.480 e. The lowest BCUT2D eigenvalue weighted by Crippen LogP contribution is -2.53. The maximum absolute atomic E-state index is 12.7. The van der Waals surface area contributed by atoms with Crippen molar-refractivity contribution < 1.29 is 19.5 Å². The summed E-state index contributed by atoms with van der Waals surface area (Å²) in [7, 11) is 0. The molecular weight excluding hydrogens is 362 g/mol. The fourth-order valence-corrected chi connectivity index (χ4v) is 3.39. The number of carbonyl (C=O) groups excluding carboxylic acids is 2. The smallest absolute Gasteiger partial charge is 0.326 e. The normalized spacial score (nSPS) is 16.8. The first-order valence-corrected chi connectivity index (χ1v) is 10.1. The molecule has 2 atom stereocenters. The third-order valence-electron chi connectivity index (χ3n) is 4.88. The molecule has 0 aromatic rings. The zero-order chi connectivity index (χ0) is 21.1. The summed E-state index contributed by atoms with van der Waals surface area (Å²) in [6.07, 6.45) is 5.92. The zero-order valence-electron chi connectivity index (χ0n) is 16.9. The summed E-state index contributed by atoms with van der Waals surface area (Å²) in [5.74, 6) is -1.72. The second-order valence-electron chi connectivity index (χ2n) is 7.87. The average molecular weight is 398 g/mol. The van der Waals surface area contributed by atoms with Crippen molar-refractivity contribution in [2.45, 2.75) is 77.3 Å². The molecule has 0 bridgehead atoms. The van der Waals surface area contributed by atoms with Crippen molar-refractivity contribution in [3.8, 4) is 0 Å². The number of carboxylic acid groups (broad SMARTS) is 1. The van der Waals surface area contributed by atoms with Crippen molar-refractivity contribution in [2.24, 2.45) is 28.3 Å². The quantitative estimate of drug-likeness (QED) is 0.196. The van der Waals surface area contributed by atoms with Crippen LogP contribution in [0.1, 0.15) is 65.2 Å². The van der Waals surface area contributed by atoms with E-state index in [1.165, 1.54) is 0 Å². The van der Waals surface area contributed by atoms with Gasteiger partial charge in [-0.2, -0.15) is 0 Å². The molecule has 0 heterocycles. The Bertz CT molecular complexity index is 555. The van der Waals surface area contributed by atoms with E-state index in [1.54, 1.807) is 0 Å². The summed E-state index contributed by atoms with van der Waals surface area (Å²) >= 11 is 0. The molecule has 160 valence electrons. The number of carbonyl (C=O) groups is 3. The molecule has 9 heteroatoms. The number of amides is 2. The Morgan fingerprint density at radius 2 is 1.71 bits per heavy atom. The number of carboxylic acids is 1. The molecule has 0 aromatic heterocycles. The third kappa shape index (κ3) is 9.05. The Morgan fingerprint density at radius 3 is 2.25 bits per heavy atom. The highest BCUT2D eigenvalue weighted by Crippen LogP contribution is 2.24. The largest absolute Gasteiger partial charge is 0.480 e. The molecule has 7 N–H and O–H groups in total. The Morgan fingerprint density at radius 1 is 1.07 bits per heavy atom. The summed E-state index contributed by atoms with van der Waals surface area (Å²) in [5.41, 5.74) is 10.6. The average Bonchev–Trinajstić information content (AvgIpc) is 2.63. The van der Waals surface area contributed by atoms with Gasteiger partial charge in [-0.15, -0.1) is 0 Å². The van der Waals surface area contributed by atoms with Crippen LogP contribution in [0, 0.1) is 11.8 Å². The highest BCUT2D eigenvalue weighted by molar-refractivity contribution is 5.91. The van der Waals surface area contributed by atoms with Crippen LogP contribution in [0.25, 0.3) is 0 Å². The van der Waals surface area contributed by atoms with Crippen molar-refractivity contribution in [1.82, 2.24) is 10.6 Å². The minimum absolute atomic E-state index is 0.0323. The van der Waals surface area contributed by atoms with Gasteiger partial charge in [0.1, 0.15) is 12.1 Å². The first-order valence-electron chi connectivity index (χ1n) is 10.1. The number of aliphatic imine (C=N–C) groups is 1. The molecule has 1 aliphatic rings. The van der Waals surface area contributed by atoms with E-state index in [-0.39, 0.29) is 23.7 Å². The van der Waals surface area contributed by atoms with Crippen molar-refractivity contribution >= 4 is 23.7 Å². The molecular formula is C19H35N5O4. The van der Waals surface area contributed by atoms with Gasteiger partial charge in [0.15, 0.2) is 5.96 Å². The van der Waals surface area contributed by atoms with Crippen molar-refractivity contribution in [1.29, 1.82) is 0 Å². The summed E-state index contributed by atoms with van der Waals surface area (Å²) in [6, 6.07) is -1.79. The molecule has 9 nitrogen and oxygen atoms in total. The highest BCUT2D eigenvalue weighted by Gasteiger charge is 2.29. The molecule has 0 radical (unpaired) electrons. The van der Waals surface area contributed by atoms with E-state index in [9.17, 15) is 19.5 Å². The Labute approximate surface area is 166 Å². The lowest BCUT2D eigenvalue weighted by Gasteiger charge is -2.26. The van der Waals surface area contributed by atoms with Gasteiger partial charge in [-0.25, -0.2) is 4.79 Å². The molecule has 0 aromatic carbocycles. The summed E-state index contributed by atoms with van der Waals surface area (Å²) < 4.78 is 0. The van der Waals surface area contributed by atoms with Crippen molar-refractivity contribution in [3.63, 3.8) is 0 Å². The van der Waals surface area contributed by atoms with Gasteiger partial charge in [-0.3, -0.25) is 14.6 Å². The number of guanidine groups is 1. The number of hydrogen-bond donors (Lipinski definition) is 5. The van der Waals surface area contributed by atoms with Crippen LogP contribution in [-0.2, 0) is 14.4 Å². The molecule has 1 saturated carbocycles. The minimum atomic E-state index is -1.08. The number of nitrogens with zero attached hydrogens (tertiary/aromatic N) is 1. The predicted molar refractivity (Wildman–Crippen MR) is 107 cm³/mol. The molecule has 0 spiro atoms. The predicted octanol–water partition coefficient (Wildman–Crippen LogP) is 0.721. The van der Waals surface area contributed by atoms with Crippen LogP contribution < -0.4 is 22.1 Å². The standard InChI is InChI=1S/C19H35N5O4/c1-12(2)11-15(18(27)28)24-17(26)14(9-6-10-22-19(20)21)23-16(25)13-7-4-3-5-8-13/h12-15H,3-11H2,1-2H3,(H,23,25)(H,24,26)(H,27,28)(H4,20,21,22)/t14-,15-/m0/s1. The van der Waals surface area contributed by atoms with E-state index in [2.05, 4.69) is 15.6 Å². The number of nitrogens with two attached hydrogens (primary N) is 2. The summed E-state index contributed by atoms with van der Waals surface area (Å²) in [6.45, 7) is 4.11. The van der Waals surface area contributed by atoms with Crippen LogP contribution in [0.5, 0.6) is 0 Å².